The van der Waals surface area contributed by atoms with Crippen LogP contribution in [0.15, 0.2) is 23.6 Å². The number of likely N-dealkylation sites (tertiary alicyclic amines) is 1. The highest BCUT2D eigenvalue weighted by Gasteiger charge is 2.48. The number of carbonyl (C=O) groups excluding carboxylic acids is 3. The number of aromatic nitrogens is 1. The maximum Gasteiger partial charge on any atom is 0.246 e. The molecule has 1 saturated heterocycles. The minimum absolute atomic E-state index is 0.212. The number of nitrogens with one attached hydrogen (secondary N) is 1. The molecule has 1 N–H and O–H groups in total. The Morgan fingerprint density at radius 1 is 1.10 bits per heavy atom. The van der Waals surface area contributed by atoms with E-state index >= 15 is 0 Å². The Hall–Kier alpha value is -2.94. The molecule has 1 aromatic heterocycles. The van der Waals surface area contributed by atoms with E-state index in [1.54, 1.807) is 0 Å². The molecule has 156 valence electrons. The standard InChI is InChI=1S/C21H21N3O5S/c25-18(10-24-19(26)13-3-1-2-4-14(13)20(24)27)23-21-22-15(11-30-21)12-5-6-16-17(9-12)29-8-7-28-16/h5-6,9,11,13-14H,1-4,7-8,10H2,(H,22,23,25)/t13-,14+. The van der Waals surface area contributed by atoms with Crippen LogP contribution in [0.25, 0.3) is 11.3 Å². The first-order chi connectivity index (χ1) is 14.6. The van der Waals surface area contributed by atoms with Crippen LogP contribution in [-0.4, -0.2) is 47.4 Å². The molecule has 5 rings (SSSR count). The largest absolute Gasteiger partial charge is 0.486 e. The van der Waals surface area contributed by atoms with E-state index < -0.39 is 5.91 Å². The molecule has 0 spiro atoms. The summed E-state index contributed by atoms with van der Waals surface area (Å²) in [7, 11) is 0. The van der Waals surface area contributed by atoms with Crippen LogP contribution in [0.5, 0.6) is 11.5 Å². The van der Waals surface area contributed by atoms with Crippen LogP contribution in [0.2, 0.25) is 0 Å². The summed E-state index contributed by atoms with van der Waals surface area (Å²) in [5, 5.41) is 4.96. The van der Waals surface area contributed by atoms with E-state index in [2.05, 4.69) is 10.3 Å². The monoisotopic (exact) mass is 427 g/mol. The predicted octanol–water partition coefficient (Wildman–Crippen LogP) is 2.70. The second kappa shape index (κ2) is 7.71. The Morgan fingerprint density at radius 2 is 1.80 bits per heavy atom. The van der Waals surface area contributed by atoms with Crippen LogP contribution < -0.4 is 14.8 Å². The number of carbonyl (C=O) groups is 3. The average Bonchev–Trinajstić information content (AvgIpc) is 3.32. The number of imide groups is 1. The molecule has 0 radical (unpaired) electrons. The molecular weight excluding hydrogens is 406 g/mol. The summed E-state index contributed by atoms with van der Waals surface area (Å²) in [6.45, 7) is 0.775. The summed E-state index contributed by atoms with van der Waals surface area (Å²) < 4.78 is 11.1. The summed E-state index contributed by atoms with van der Waals surface area (Å²) in [6, 6.07) is 5.58. The highest BCUT2D eigenvalue weighted by Crippen LogP contribution is 2.38. The first-order valence-electron chi connectivity index (χ1n) is 10.1. The van der Waals surface area contributed by atoms with Gasteiger partial charge in [0.2, 0.25) is 17.7 Å². The van der Waals surface area contributed by atoms with Gasteiger partial charge in [-0.25, -0.2) is 4.98 Å². The number of hydrogen-bond acceptors (Lipinski definition) is 7. The maximum absolute atomic E-state index is 12.5. The number of anilines is 1. The average molecular weight is 427 g/mol. The normalized spacial score (nSPS) is 22.7. The van der Waals surface area contributed by atoms with E-state index in [0.29, 0.717) is 35.5 Å². The third-order valence-electron chi connectivity index (χ3n) is 5.82. The van der Waals surface area contributed by atoms with E-state index in [0.717, 1.165) is 36.1 Å². The molecule has 30 heavy (non-hydrogen) atoms. The third-order valence-corrected chi connectivity index (χ3v) is 6.58. The van der Waals surface area contributed by atoms with Gasteiger partial charge in [-0.3, -0.25) is 19.3 Å². The SMILES string of the molecule is O=C(CN1C(=O)[C@H]2CCCC[C@H]2C1=O)Nc1nc(-c2ccc3c(c2)OCCO3)cs1. The van der Waals surface area contributed by atoms with Crippen molar-refractivity contribution in [3.63, 3.8) is 0 Å². The maximum atomic E-state index is 12.5. The fraction of sp³-hybridized carbons (Fsp3) is 0.429. The summed E-state index contributed by atoms with van der Waals surface area (Å²) in [4.78, 5) is 43.1. The molecule has 0 unspecified atom stereocenters. The van der Waals surface area contributed by atoms with Gasteiger partial charge in [-0.15, -0.1) is 11.3 Å². The van der Waals surface area contributed by atoms with Gasteiger partial charge in [0.15, 0.2) is 16.6 Å². The molecular formula is C21H21N3O5S. The molecule has 1 saturated carbocycles. The van der Waals surface area contributed by atoms with Gasteiger partial charge in [-0.2, -0.15) is 0 Å². The second-order valence-corrected chi connectivity index (χ2v) is 8.56. The van der Waals surface area contributed by atoms with Gasteiger partial charge >= 0.3 is 0 Å². The zero-order valence-corrected chi connectivity index (χ0v) is 17.1. The lowest BCUT2D eigenvalue weighted by Crippen LogP contribution is -2.38. The van der Waals surface area contributed by atoms with E-state index in [9.17, 15) is 14.4 Å². The molecule has 1 aromatic carbocycles. The summed E-state index contributed by atoms with van der Waals surface area (Å²) in [5.74, 6) is 0.0333. The second-order valence-electron chi connectivity index (χ2n) is 7.70. The molecule has 2 aliphatic heterocycles. The molecule has 8 nitrogen and oxygen atoms in total. The fourth-order valence-corrected chi connectivity index (χ4v) is 5.09. The number of amides is 3. The Labute approximate surface area is 177 Å². The van der Waals surface area contributed by atoms with Gasteiger partial charge in [0, 0.05) is 10.9 Å². The lowest BCUT2D eigenvalue weighted by Gasteiger charge is -2.19. The van der Waals surface area contributed by atoms with Crippen molar-refractivity contribution in [2.75, 3.05) is 25.1 Å². The Kier molecular flexibility index (Phi) is 4.90. The van der Waals surface area contributed by atoms with Gasteiger partial charge in [0.25, 0.3) is 0 Å². The van der Waals surface area contributed by atoms with Gasteiger partial charge in [0.1, 0.15) is 19.8 Å². The minimum Gasteiger partial charge on any atom is -0.486 e. The van der Waals surface area contributed by atoms with E-state index in [4.69, 9.17) is 9.47 Å². The van der Waals surface area contributed by atoms with Crippen LogP contribution >= 0.6 is 11.3 Å². The number of fused-ring (bicyclic) bond motifs is 2. The number of ether oxygens (including phenoxy) is 2. The molecule has 3 aliphatic rings. The lowest BCUT2D eigenvalue weighted by molar-refractivity contribution is -0.142. The minimum atomic E-state index is -0.418. The van der Waals surface area contributed by atoms with Crippen LogP contribution in [0.1, 0.15) is 25.7 Å². The van der Waals surface area contributed by atoms with Crippen molar-refractivity contribution in [1.82, 2.24) is 9.88 Å². The van der Waals surface area contributed by atoms with Crippen molar-refractivity contribution in [3.05, 3.63) is 23.6 Å². The van der Waals surface area contributed by atoms with Gasteiger partial charge in [0.05, 0.1) is 17.5 Å². The lowest BCUT2D eigenvalue weighted by atomic mass is 9.81. The number of thiazole rings is 1. The number of hydrogen-bond donors (Lipinski definition) is 1. The van der Waals surface area contributed by atoms with Crippen molar-refractivity contribution in [2.24, 2.45) is 11.8 Å². The van der Waals surface area contributed by atoms with Crippen molar-refractivity contribution < 1.29 is 23.9 Å². The van der Waals surface area contributed by atoms with Gasteiger partial charge < -0.3 is 14.8 Å². The fourth-order valence-electron chi connectivity index (χ4n) is 4.36. The topological polar surface area (TPSA) is 97.8 Å². The number of rotatable bonds is 4. The zero-order chi connectivity index (χ0) is 20.7. The van der Waals surface area contributed by atoms with Crippen molar-refractivity contribution >= 4 is 34.2 Å². The Balaban J connectivity index is 1.25. The van der Waals surface area contributed by atoms with Crippen molar-refractivity contribution in [3.8, 4) is 22.8 Å². The molecule has 0 bridgehead atoms. The van der Waals surface area contributed by atoms with Crippen LogP contribution in [0.3, 0.4) is 0 Å². The third kappa shape index (κ3) is 3.43. The quantitative estimate of drug-likeness (QED) is 0.754. The Morgan fingerprint density at radius 3 is 2.53 bits per heavy atom. The van der Waals surface area contributed by atoms with E-state index in [1.807, 2.05) is 23.6 Å². The zero-order valence-electron chi connectivity index (χ0n) is 16.3. The number of benzene rings is 1. The molecule has 2 atom stereocenters. The predicted molar refractivity (Wildman–Crippen MR) is 109 cm³/mol. The molecule has 2 fully saturated rings. The first-order valence-corrected chi connectivity index (χ1v) is 11.0. The van der Waals surface area contributed by atoms with Gasteiger partial charge in [-0.05, 0) is 31.0 Å². The van der Waals surface area contributed by atoms with Crippen molar-refractivity contribution in [2.45, 2.75) is 25.7 Å². The molecule has 1 aliphatic carbocycles. The smallest absolute Gasteiger partial charge is 0.246 e. The highest BCUT2D eigenvalue weighted by molar-refractivity contribution is 7.14. The summed E-state index contributed by atoms with van der Waals surface area (Å²) in [5.41, 5.74) is 1.55. The van der Waals surface area contributed by atoms with E-state index in [1.165, 1.54) is 11.3 Å². The number of nitrogens with zero attached hydrogens (tertiary/aromatic N) is 2. The van der Waals surface area contributed by atoms with E-state index in [-0.39, 0.29) is 30.2 Å². The molecule has 3 amide bonds. The highest BCUT2D eigenvalue weighted by atomic mass is 32.1. The first kappa shape index (κ1) is 19.0. The van der Waals surface area contributed by atoms with Crippen molar-refractivity contribution in [1.29, 1.82) is 0 Å². The summed E-state index contributed by atoms with van der Waals surface area (Å²) >= 11 is 1.29. The molecule has 9 heteroatoms. The van der Waals surface area contributed by atoms with Gasteiger partial charge in [-0.1, -0.05) is 12.8 Å². The Bertz CT molecular complexity index is 996. The van der Waals surface area contributed by atoms with Crippen LogP contribution in [0, 0.1) is 11.8 Å². The van der Waals surface area contributed by atoms with Crippen LogP contribution in [-0.2, 0) is 14.4 Å². The summed E-state index contributed by atoms with van der Waals surface area (Å²) in [6.07, 6.45) is 3.39. The molecule has 2 aromatic rings. The molecule has 3 heterocycles. The van der Waals surface area contributed by atoms with Crippen LogP contribution in [0.4, 0.5) is 5.13 Å².